The van der Waals surface area contributed by atoms with Crippen LogP contribution < -0.4 is 0 Å². The van der Waals surface area contributed by atoms with Gasteiger partial charge in [-0.25, -0.2) is 0 Å². The van der Waals surface area contributed by atoms with Gasteiger partial charge in [0, 0.05) is 19.7 Å². The molecule has 1 N–H and O–H groups in total. The Morgan fingerprint density at radius 2 is 2.12 bits per heavy atom. The molecule has 2 unspecified atom stereocenters. The van der Waals surface area contributed by atoms with Gasteiger partial charge in [-0.3, -0.25) is 0 Å². The Kier molecular flexibility index (Phi) is 3.82. The zero-order valence-electron chi connectivity index (χ0n) is 10.6. The highest BCUT2D eigenvalue weighted by Crippen LogP contribution is 2.34. The molecule has 2 atom stereocenters. The SMILES string of the molecule is CCOC1CN(C)CCC1(O)c1ccccc1. The molecule has 1 fully saturated rings. The predicted octanol–water partition coefficient (Wildman–Crippen LogP) is 1.61. The van der Waals surface area contributed by atoms with Crippen molar-refractivity contribution < 1.29 is 9.84 Å². The largest absolute Gasteiger partial charge is 0.382 e. The summed E-state index contributed by atoms with van der Waals surface area (Å²) in [6, 6.07) is 9.87. The maximum Gasteiger partial charge on any atom is 0.118 e. The second kappa shape index (κ2) is 5.17. The van der Waals surface area contributed by atoms with Crippen molar-refractivity contribution in [1.29, 1.82) is 0 Å². The molecule has 1 saturated heterocycles. The summed E-state index contributed by atoms with van der Waals surface area (Å²) < 4.78 is 5.73. The minimum atomic E-state index is -0.843. The van der Waals surface area contributed by atoms with E-state index in [1.54, 1.807) is 0 Å². The van der Waals surface area contributed by atoms with E-state index in [-0.39, 0.29) is 6.10 Å². The van der Waals surface area contributed by atoms with E-state index < -0.39 is 5.60 Å². The second-order valence-corrected chi connectivity index (χ2v) is 4.75. The molecule has 1 aromatic rings. The average Bonchev–Trinajstić information content (AvgIpc) is 2.35. The van der Waals surface area contributed by atoms with Crippen molar-refractivity contribution in [3.05, 3.63) is 35.9 Å². The first kappa shape index (κ1) is 12.6. The number of likely N-dealkylation sites (N-methyl/N-ethyl adjacent to an activating group) is 1. The predicted molar refractivity (Wildman–Crippen MR) is 67.9 cm³/mol. The highest BCUT2D eigenvalue weighted by molar-refractivity contribution is 5.25. The van der Waals surface area contributed by atoms with E-state index >= 15 is 0 Å². The van der Waals surface area contributed by atoms with Crippen LogP contribution in [0.2, 0.25) is 0 Å². The van der Waals surface area contributed by atoms with E-state index in [4.69, 9.17) is 4.74 Å². The monoisotopic (exact) mass is 235 g/mol. The number of benzene rings is 1. The number of nitrogens with zero attached hydrogens (tertiary/aromatic N) is 1. The van der Waals surface area contributed by atoms with Gasteiger partial charge in [-0.1, -0.05) is 30.3 Å². The summed E-state index contributed by atoms with van der Waals surface area (Å²) in [6.07, 6.45) is 0.576. The van der Waals surface area contributed by atoms with Gasteiger partial charge >= 0.3 is 0 Å². The third-order valence-electron chi connectivity index (χ3n) is 3.53. The minimum Gasteiger partial charge on any atom is -0.382 e. The van der Waals surface area contributed by atoms with Gasteiger partial charge in [0.1, 0.15) is 11.7 Å². The lowest BCUT2D eigenvalue weighted by Crippen LogP contribution is -2.53. The van der Waals surface area contributed by atoms with Crippen LogP contribution >= 0.6 is 0 Å². The van der Waals surface area contributed by atoms with Gasteiger partial charge in [-0.05, 0) is 26.0 Å². The molecule has 0 amide bonds. The molecule has 3 nitrogen and oxygen atoms in total. The van der Waals surface area contributed by atoms with Gasteiger partial charge in [0.25, 0.3) is 0 Å². The fourth-order valence-corrected chi connectivity index (χ4v) is 2.50. The Hall–Kier alpha value is -0.900. The number of ether oxygens (including phenoxy) is 1. The van der Waals surface area contributed by atoms with Crippen LogP contribution in [0.4, 0.5) is 0 Å². The first-order valence-electron chi connectivity index (χ1n) is 6.25. The summed E-state index contributed by atoms with van der Waals surface area (Å²) >= 11 is 0. The number of likely N-dealkylation sites (tertiary alicyclic amines) is 1. The van der Waals surface area contributed by atoms with Crippen LogP contribution in [0.15, 0.2) is 30.3 Å². The van der Waals surface area contributed by atoms with Gasteiger partial charge in [0.2, 0.25) is 0 Å². The summed E-state index contributed by atoms with van der Waals surface area (Å²) in [4.78, 5) is 2.21. The summed E-state index contributed by atoms with van der Waals surface area (Å²) in [5.74, 6) is 0. The van der Waals surface area contributed by atoms with Crippen LogP contribution in [-0.2, 0) is 10.3 Å². The Labute approximate surface area is 103 Å². The zero-order valence-corrected chi connectivity index (χ0v) is 10.6. The first-order valence-corrected chi connectivity index (χ1v) is 6.25. The Balaban J connectivity index is 2.26. The highest BCUT2D eigenvalue weighted by atomic mass is 16.5. The molecule has 0 aromatic heterocycles. The van der Waals surface area contributed by atoms with E-state index in [2.05, 4.69) is 11.9 Å². The summed E-state index contributed by atoms with van der Waals surface area (Å²) in [5.41, 5.74) is 0.121. The molecule has 3 heteroatoms. The molecule has 1 aliphatic rings. The van der Waals surface area contributed by atoms with Crippen molar-refractivity contribution in [2.75, 3.05) is 26.7 Å². The second-order valence-electron chi connectivity index (χ2n) is 4.75. The van der Waals surface area contributed by atoms with Gasteiger partial charge in [0.05, 0.1) is 0 Å². The molecule has 0 aliphatic carbocycles. The maximum absolute atomic E-state index is 10.9. The van der Waals surface area contributed by atoms with Crippen LogP contribution in [-0.4, -0.2) is 42.9 Å². The molecular weight excluding hydrogens is 214 g/mol. The van der Waals surface area contributed by atoms with E-state index in [9.17, 15) is 5.11 Å². The molecule has 0 radical (unpaired) electrons. The Morgan fingerprint density at radius 1 is 1.41 bits per heavy atom. The maximum atomic E-state index is 10.9. The number of hydrogen-bond donors (Lipinski definition) is 1. The van der Waals surface area contributed by atoms with Crippen molar-refractivity contribution >= 4 is 0 Å². The third-order valence-corrected chi connectivity index (χ3v) is 3.53. The molecule has 94 valence electrons. The lowest BCUT2D eigenvalue weighted by atomic mass is 9.82. The molecule has 1 aromatic carbocycles. The Bertz CT molecular complexity index is 354. The van der Waals surface area contributed by atoms with E-state index in [1.165, 1.54) is 0 Å². The van der Waals surface area contributed by atoms with Gasteiger partial charge < -0.3 is 14.7 Å². The summed E-state index contributed by atoms with van der Waals surface area (Å²) in [5, 5.41) is 10.9. The molecule has 2 rings (SSSR count). The summed E-state index contributed by atoms with van der Waals surface area (Å²) in [6.45, 7) is 4.28. The van der Waals surface area contributed by atoms with Crippen LogP contribution in [0.5, 0.6) is 0 Å². The topological polar surface area (TPSA) is 32.7 Å². The lowest BCUT2D eigenvalue weighted by molar-refractivity contribution is -0.146. The van der Waals surface area contributed by atoms with Crippen LogP contribution in [0.3, 0.4) is 0 Å². The van der Waals surface area contributed by atoms with E-state index in [0.29, 0.717) is 6.61 Å². The molecule has 17 heavy (non-hydrogen) atoms. The van der Waals surface area contributed by atoms with Crippen molar-refractivity contribution in [2.45, 2.75) is 25.0 Å². The molecule has 0 spiro atoms. The first-order chi connectivity index (χ1) is 8.16. The fourth-order valence-electron chi connectivity index (χ4n) is 2.50. The van der Waals surface area contributed by atoms with Crippen LogP contribution in [0.25, 0.3) is 0 Å². The van der Waals surface area contributed by atoms with Crippen molar-refractivity contribution in [3.63, 3.8) is 0 Å². The quantitative estimate of drug-likeness (QED) is 0.864. The smallest absolute Gasteiger partial charge is 0.118 e. The van der Waals surface area contributed by atoms with Gasteiger partial charge in [-0.15, -0.1) is 0 Å². The zero-order chi connectivity index (χ0) is 12.3. The number of aliphatic hydroxyl groups is 1. The molecule has 1 heterocycles. The normalized spacial score (nSPS) is 30.4. The molecular formula is C14H21NO2. The third kappa shape index (κ3) is 2.51. The van der Waals surface area contributed by atoms with Crippen LogP contribution in [0, 0.1) is 0 Å². The van der Waals surface area contributed by atoms with Gasteiger partial charge in [-0.2, -0.15) is 0 Å². The van der Waals surface area contributed by atoms with Crippen molar-refractivity contribution in [3.8, 4) is 0 Å². The summed E-state index contributed by atoms with van der Waals surface area (Å²) in [7, 11) is 2.07. The van der Waals surface area contributed by atoms with Crippen molar-refractivity contribution in [1.82, 2.24) is 4.90 Å². The molecule has 1 aliphatic heterocycles. The van der Waals surface area contributed by atoms with Crippen molar-refractivity contribution in [2.24, 2.45) is 0 Å². The average molecular weight is 235 g/mol. The van der Waals surface area contributed by atoms with E-state index in [0.717, 1.165) is 25.1 Å². The molecule has 0 bridgehead atoms. The molecule has 0 saturated carbocycles. The number of hydrogen-bond acceptors (Lipinski definition) is 3. The van der Waals surface area contributed by atoms with Crippen LogP contribution in [0.1, 0.15) is 18.9 Å². The lowest BCUT2D eigenvalue weighted by Gasteiger charge is -2.43. The van der Waals surface area contributed by atoms with E-state index in [1.807, 2.05) is 37.3 Å². The number of piperidine rings is 1. The number of rotatable bonds is 3. The van der Waals surface area contributed by atoms with Gasteiger partial charge in [0.15, 0.2) is 0 Å². The fraction of sp³-hybridized carbons (Fsp3) is 0.571. The standard InChI is InChI=1S/C14H21NO2/c1-3-17-13-11-15(2)10-9-14(13,16)12-7-5-4-6-8-12/h4-8,13,16H,3,9-11H2,1-2H3. The Morgan fingerprint density at radius 3 is 2.76 bits per heavy atom. The highest BCUT2D eigenvalue weighted by Gasteiger charge is 2.42. The minimum absolute atomic E-state index is 0.145.